The molecule has 1 atom stereocenters. The maximum absolute atomic E-state index is 11.0. The third kappa shape index (κ3) is 5.32. The summed E-state index contributed by atoms with van der Waals surface area (Å²) in [6, 6.07) is 8.57. The van der Waals surface area contributed by atoms with Gasteiger partial charge in [0, 0.05) is 6.42 Å². The van der Waals surface area contributed by atoms with Crippen LogP contribution in [-0.4, -0.2) is 18.4 Å². The molecule has 86 valence electrons. The molecule has 0 aliphatic rings. The minimum Gasteiger partial charge on any atom is -1.00 e. The zero-order valence-corrected chi connectivity index (χ0v) is 12.3. The van der Waals surface area contributed by atoms with Crippen LogP contribution < -0.4 is 34.3 Å². The van der Waals surface area contributed by atoms with Gasteiger partial charge in [-0.2, -0.15) is 8.42 Å². The zero-order chi connectivity index (χ0) is 11.3. The minimum absolute atomic E-state index is 0. The fourth-order valence-electron chi connectivity index (χ4n) is 1.16. The van der Waals surface area contributed by atoms with E-state index >= 15 is 0 Å². The van der Waals surface area contributed by atoms with E-state index in [1.165, 1.54) is 0 Å². The summed E-state index contributed by atoms with van der Waals surface area (Å²) in [4.78, 5) is 0. The average molecular weight is 254 g/mol. The molecule has 0 aliphatic carbocycles. The van der Waals surface area contributed by atoms with Gasteiger partial charge in [-0.1, -0.05) is 31.5 Å². The van der Waals surface area contributed by atoms with E-state index in [-0.39, 0.29) is 37.4 Å². The second-order valence-electron chi connectivity index (χ2n) is 3.16. The Balaban J connectivity index is 0. The van der Waals surface area contributed by atoms with Crippen LogP contribution in [0.5, 0.6) is 5.75 Å². The SMILES string of the molecule is CCCC(Oc1ccccc1)S(=O)(=O)O.[H-].[Na+]. The standard InChI is InChI=1S/C10H14O4S.Na.H/c1-2-6-10(15(11,12)13)14-9-7-4-3-5-8-9;;/h3-5,7-8,10H,2,6H2,1H3,(H,11,12,13);;/q;+1;-1. The summed E-state index contributed by atoms with van der Waals surface area (Å²) >= 11 is 0. The molecule has 0 spiro atoms. The number of hydrogen-bond acceptors (Lipinski definition) is 3. The van der Waals surface area contributed by atoms with Crippen molar-refractivity contribution in [3.8, 4) is 5.75 Å². The Morgan fingerprint density at radius 3 is 2.38 bits per heavy atom. The van der Waals surface area contributed by atoms with Crippen LogP contribution in [-0.2, 0) is 10.1 Å². The van der Waals surface area contributed by atoms with Crippen molar-refractivity contribution in [2.75, 3.05) is 0 Å². The van der Waals surface area contributed by atoms with Gasteiger partial charge in [0.05, 0.1) is 0 Å². The van der Waals surface area contributed by atoms with E-state index in [0.717, 1.165) is 0 Å². The third-order valence-corrected chi connectivity index (χ3v) is 2.86. The van der Waals surface area contributed by atoms with E-state index in [1.54, 1.807) is 30.3 Å². The second kappa shape index (κ2) is 7.29. The summed E-state index contributed by atoms with van der Waals surface area (Å²) in [6.45, 7) is 1.83. The predicted octanol–water partition coefficient (Wildman–Crippen LogP) is -0.804. The van der Waals surface area contributed by atoms with Crippen LogP contribution in [0.4, 0.5) is 0 Å². The molecule has 1 aromatic carbocycles. The Morgan fingerprint density at radius 2 is 1.94 bits per heavy atom. The van der Waals surface area contributed by atoms with Gasteiger partial charge in [0.1, 0.15) is 5.75 Å². The van der Waals surface area contributed by atoms with Crippen molar-refractivity contribution in [2.24, 2.45) is 0 Å². The molecule has 1 N–H and O–H groups in total. The van der Waals surface area contributed by atoms with Crippen LogP contribution in [0.15, 0.2) is 30.3 Å². The first-order valence-electron chi connectivity index (χ1n) is 4.72. The molecule has 1 unspecified atom stereocenters. The molecule has 0 bridgehead atoms. The van der Waals surface area contributed by atoms with E-state index in [4.69, 9.17) is 9.29 Å². The largest absolute Gasteiger partial charge is 1.00 e. The van der Waals surface area contributed by atoms with Gasteiger partial charge in [-0.3, -0.25) is 4.55 Å². The summed E-state index contributed by atoms with van der Waals surface area (Å²) in [5.74, 6) is 0.438. The molecule has 0 radical (unpaired) electrons. The summed E-state index contributed by atoms with van der Waals surface area (Å²) in [5.41, 5.74) is -1.18. The van der Waals surface area contributed by atoms with Gasteiger partial charge < -0.3 is 6.16 Å². The van der Waals surface area contributed by atoms with E-state index < -0.39 is 15.6 Å². The minimum atomic E-state index is -4.15. The van der Waals surface area contributed by atoms with Crippen LogP contribution in [0.25, 0.3) is 0 Å². The Morgan fingerprint density at radius 1 is 1.38 bits per heavy atom. The topological polar surface area (TPSA) is 63.6 Å². The normalized spacial score (nSPS) is 12.6. The number of benzene rings is 1. The van der Waals surface area contributed by atoms with Crippen molar-refractivity contribution in [1.29, 1.82) is 0 Å². The van der Waals surface area contributed by atoms with Crippen LogP contribution in [0.3, 0.4) is 0 Å². The number of para-hydroxylation sites is 1. The van der Waals surface area contributed by atoms with Crippen molar-refractivity contribution in [3.05, 3.63) is 30.3 Å². The maximum atomic E-state index is 11.0. The predicted molar refractivity (Wildman–Crippen MR) is 58.4 cm³/mol. The maximum Gasteiger partial charge on any atom is 1.00 e. The van der Waals surface area contributed by atoms with Crippen LogP contribution in [0.1, 0.15) is 21.2 Å². The molecule has 0 heterocycles. The van der Waals surface area contributed by atoms with E-state index in [1.807, 2.05) is 6.92 Å². The van der Waals surface area contributed by atoms with E-state index in [2.05, 4.69) is 0 Å². The van der Waals surface area contributed by atoms with Crippen LogP contribution >= 0.6 is 0 Å². The van der Waals surface area contributed by atoms with Gasteiger partial charge in [-0.25, -0.2) is 0 Å². The molecule has 0 fully saturated rings. The number of ether oxygens (including phenoxy) is 1. The fourth-order valence-corrected chi connectivity index (χ4v) is 1.92. The smallest absolute Gasteiger partial charge is 1.00 e. The molecule has 0 amide bonds. The van der Waals surface area contributed by atoms with Crippen molar-refractivity contribution in [1.82, 2.24) is 0 Å². The van der Waals surface area contributed by atoms with Gasteiger partial charge in [0.25, 0.3) is 0 Å². The van der Waals surface area contributed by atoms with Crippen molar-refractivity contribution < 1.29 is 48.7 Å². The Bertz CT molecular complexity index is 396. The average Bonchev–Trinajstić information content (AvgIpc) is 2.17. The van der Waals surface area contributed by atoms with Gasteiger partial charge >= 0.3 is 39.7 Å². The Hall–Kier alpha value is -0.0700. The van der Waals surface area contributed by atoms with Gasteiger partial charge in [-0.15, -0.1) is 0 Å². The first-order valence-corrected chi connectivity index (χ1v) is 6.22. The molecule has 6 heteroatoms. The fraction of sp³-hybridized carbons (Fsp3) is 0.400. The second-order valence-corrected chi connectivity index (χ2v) is 4.72. The van der Waals surface area contributed by atoms with Crippen molar-refractivity contribution >= 4 is 10.1 Å². The summed E-state index contributed by atoms with van der Waals surface area (Å²) in [5, 5.41) is 0. The first-order chi connectivity index (χ1) is 7.04. The summed E-state index contributed by atoms with van der Waals surface area (Å²) < 4.78 is 36.0. The quantitative estimate of drug-likeness (QED) is 0.552. The molecule has 4 nitrogen and oxygen atoms in total. The molecule has 1 aromatic rings. The van der Waals surface area contributed by atoms with Gasteiger partial charge in [0.15, 0.2) is 0 Å². The molecule has 0 saturated carbocycles. The third-order valence-electron chi connectivity index (χ3n) is 1.87. The summed E-state index contributed by atoms with van der Waals surface area (Å²) in [7, 11) is -4.15. The summed E-state index contributed by atoms with van der Waals surface area (Å²) in [6.07, 6.45) is 0.894. The molecule has 16 heavy (non-hydrogen) atoms. The van der Waals surface area contributed by atoms with E-state index in [9.17, 15) is 8.42 Å². The molecule has 1 rings (SSSR count). The molecular weight excluding hydrogens is 239 g/mol. The number of rotatable bonds is 5. The van der Waals surface area contributed by atoms with Crippen molar-refractivity contribution in [3.63, 3.8) is 0 Å². The molecule has 0 saturated heterocycles. The Kier molecular flexibility index (Phi) is 7.26. The van der Waals surface area contributed by atoms with Gasteiger partial charge in [-0.05, 0) is 12.1 Å². The van der Waals surface area contributed by atoms with Crippen LogP contribution in [0.2, 0.25) is 0 Å². The Labute approximate surface area is 120 Å². The van der Waals surface area contributed by atoms with Crippen LogP contribution in [0, 0.1) is 0 Å². The molecular formula is C10H15NaO4S. The van der Waals surface area contributed by atoms with Gasteiger partial charge in [0.2, 0.25) is 5.44 Å². The first kappa shape index (κ1) is 15.9. The number of hydrogen-bond donors (Lipinski definition) is 1. The van der Waals surface area contributed by atoms with E-state index in [0.29, 0.717) is 12.2 Å². The monoisotopic (exact) mass is 254 g/mol. The molecule has 0 aromatic heterocycles. The van der Waals surface area contributed by atoms with Crippen molar-refractivity contribution in [2.45, 2.75) is 25.2 Å². The molecule has 0 aliphatic heterocycles. The zero-order valence-electron chi connectivity index (χ0n) is 10.5.